The molecule has 4 atom stereocenters. The molecule has 1 aromatic carbocycles. The van der Waals surface area contributed by atoms with Crippen LogP contribution < -0.4 is 11.1 Å². The maximum atomic E-state index is 12.3. The Morgan fingerprint density at radius 2 is 2.04 bits per heavy atom. The highest BCUT2D eigenvalue weighted by Gasteiger charge is 2.42. The second kappa shape index (κ2) is 8.54. The van der Waals surface area contributed by atoms with E-state index >= 15 is 0 Å². The second-order valence-electron chi connectivity index (χ2n) is 7.64. The van der Waals surface area contributed by atoms with E-state index in [9.17, 15) is 9.59 Å². The third kappa shape index (κ3) is 4.97. The fraction of sp³-hybridized carbons (Fsp3) is 0.600. The van der Waals surface area contributed by atoms with Gasteiger partial charge in [-0.3, -0.25) is 9.69 Å². The van der Waals surface area contributed by atoms with E-state index in [1.165, 1.54) is 12.0 Å². The van der Waals surface area contributed by atoms with Crippen LogP contribution >= 0.6 is 0 Å². The fourth-order valence-corrected chi connectivity index (χ4v) is 4.38. The van der Waals surface area contributed by atoms with Crippen molar-refractivity contribution in [2.75, 3.05) is 13.1 Å². The number of nitrogens with two attached hydrogens (primary N) is 1. The number of benzene rings is 1. The topological polar surface area (TPSA) is 84.7 Å². The van der Waals surface area contributed by atoms with E-state index in [4.69, 9.17) is 10.5 Å². The normalized spacial score (nSPS) is 26.3. The molecule has 1 unspecified atom stereocenters. The summed E-state index contributed by atoms with van der Waals surface area (Å²) in [6.45, 7) is 4.90. The average molecular weight is 359 g/mol. The number of rotatable bonds is 7. The zero-order valence-electron chi connectivity index (χ0n) is 15.4. The van der Waals surface area contributed by atoms with Crippen LogP contribution in [0.3, 0.4) is 0 Å². The average Bonchev–Trinajstić information content (AvgIpc) is 3.15. The molecular formula is C20H29N3O3. The molecule has 3 N–H and O–H groups in total. The molecule has 2 fully saturated rings. The molecule has 6 nitrogen and oxygen atoms in total. The van der Waals surface area contributed by atoms with Gasteiger partial charge in [-0.15, -0.1) is 0 Å². The number of carbonyl (C=O) groups is 2. The zero-order chi connectivity index (χ0) is 18.5. The first-order valence-corrected chi connectivity index (χ1v) is 9.53. The first-order valence-electron chi connectivity index (χ1n) is 9.53. The number of likely N-dealkylation sites (tertiary alicyclic amines) is 1. The molecule has 2 aliphatic rings. The van der Waals surface area contributed by atoms with E-state index in [2.05, 4.69) is 34.5 Å². The van der Waals surface area contributed by atoms with E-state index < -0.39 is 6.09 Å². The van der Waals surface area contributed by atoms with Gasteiger partial charge in [-0.1, -0.05) is 30.3 Å². The molecule has 1 aromatic rings. The maximum absolute atomic E-state index is 12.3. The van der Waals surface area contributed by atoms with Crippen LogP contribution in [0.15, 0.2) is 30.3 Å². The number of hydrogen-bond donors (Lipinski definition) is 2. The van der Waals surface area contributed by atoms with E-state index in [0.29, 0.717) is 24.7 Å². The lowest BCUT2D eigenvalue weighted by Crippen LogP contribution is -2.40. The Kier molecular flexibility index (Phi) is 6.14. The van der Waals surface area contributed by atoms with Gasteiger partial charge in [0.05, 0.1) is 0 Å². The molecule has 0 bridgehead atoms. The fourth-order valence-electron chi connectivity index (χ4n) is 4.38. The summed E-state index contributed by atoms with van der Waals surface area (Å²) >= 11 is 0. The first-order chi connectivity index (χ1) is 12.5. The van der Waals surface area contributed by atoms with Gasteiger partial charge in [0.15, 0.2) is 0 Å². The predicted molar refractivity (Wildman–Crippen MR) is 99.2 cm³/mol. The summed E-state index contributed by atoms with van der Waals surface area (Å²) < 4.78 is 4.86. The summed E-state index contributed by atoms with van der Waals surface area (Å²) in [4.78, 5) is 25.5. The van der Waals surface area contributed by atoms with Crippen LogP contribution in [0.5, 0.6) is 0 Å². The van der Waals surface area contributed by atoms with Gasteiger partial charge >= 0.3 is 6.09 Å². The summed E-state index contributed by atoms with van der Waals surface area (Å²) in [5, 5.41) is 3.21. The molecule has 26 heavy (non-hydrogen) atoms. The molecule has 1 saturated heterocycles. The lowest BCUT2D eigenvalue weighted by molar-refractivity contribution is -0.122. The molecule has 1 heterocycles. The Morgan fingerprint density at radius 3 is 2.77 bits per heavy atom. The van der Waals surface area contributed by atoms with E-state index in [1.54, 1.807) is 6.92 Å². The summed E-state index contributed by atoms with van der Waals surface area (Å²) in [5.74, 6) is 1.26. The number of hydrogen-bond acceptors (Lipinski definition) is 4. The van der Waals surface area contributed by atoms with Gasteiger partial charge in [0.1, 0.15) is 6.10 Å². The molecule has 1 aliphatic heterocycles. The van der Waals surface area contributed by atoms with Crippen molar-refractivity contribution in [1.82, 2.24) is 10.2 Å². The molecule has 1 saturated carbocycles. The van der Waals surface area contributed by atoms with Crippen molar-refractivity contribution in [3.05, 3.63) is 35.9 Å². The van der Waals surface area contributed by atoms with E-state index in [-0.39, 0.29) is 18.1 Å². The summed E-state index contributed by atoms with van der Waals surface area (Å²) in [7, 11) is 0. The van der Waals surface area contributed by atoms with Crippen molar-refractivity contribution in [1.29, 1.82) is 0 Å². The van der Waals surface area contributed by atoms with Crippen LogP contribution in [-0.4, -0.2) is 42.1 Å². The summed E-state index contributed by atoms with van der Waals surface area (Å²) in [5.41, 5.74) is 6.34. The maximum Gasteiger partial charge on any atom is 0.404 e. The molecule has 6 heteroatoms. The monoisotopic (exact) mass is 359 g/mol. The van der Waals surface area contributed by atoms with Crippen molar-refractivity contribution in [3.8, 4) is 0 Å². The van der Waals surface area contributed by atoms with Gasteiger partial charge in [0.2, 0.25) is 5.91 Å². The molecule has 2 amide bonds. The Balaban J connectivity index is 1.44. The Bertz CT molecular complexity index is 622. The Hall–Kier alpha value is -2.08. The van der Waals surface area contributed by atoms with Crippen LogP contribution in [0.1, 0.15) is 38.2 Å². The van der Waals surface area contributed by atoms with Crippen LogP contribution in [0, 0.1) is 11.8 Å². The van der Waals surface area contributed by atoms with Crippen molar-refractivity contribution in [2.24, 2.45) is 17.6 Å². The highest BCUT2D eigenvalue weighted by atomic mass is 16.6. The number of ether oxygens (including phenoxy) is 1. The standard InChI is InChI=1S/C20H29N3O3/c1-14(26-20(21)25)7-10-19(24)22-18-9-8-16-12-23(13-17(16)18)11-15-5-3-2-4-6-15/h2-6,14,16-18H,7-13H2,1H3,(H2,21,25)(H,22,24)/t14?,16-,17+,18+/m0/s1. The zero-order valence-corrected chi connectivity index (χ0v) is 15.4. The van der Waals surface area contributed by atoms with Gasteiger partial charge in [0, 0.05) is 32.1 Å². The van der Waals surface area contributed by atoms with Crippen molar-refractivity contribution in [2.45, 2.75) is 51.3 Å². The number of nitrogens with one attached hydrogen (secondary N) is 1. The molecule has 1 aliphatic carbocycles. The summed E-state index contributed by atoms with van der Waals surface area (Å²) in [6, 6.07) is 10.8. The predicted octanol–water partition coefficient (Wildman–Crippen LogP) is 2.28. The minimum absolute atomic E-state index is 0.0390. The highest BCUT2D eigenvalue weighted by molar-refractivity contribution is 5.76. The van der Waals surface area contributed by atoms with Gasteiger partial charge < -0.3 is 15.8 Å². The molecule has 142 valence electrons. The summed E-state index contributed by atoms with van der Waals surface area (Å²) in [6.07, 6.45) is 1.98. The van der Waals surface area contributed by atoms with Gasteiger partial charge in [0.25, 0.3) is 0 Å². The quantitative estimate of drug-likeness (QED) is 0.782. The van der Waals surface area contributed by atoms with Crippen LogP contribution in [0.4, 0.5) is 4.79 Å². The van der Waals surface area contributed by atoms with Crippen LogP contribution in [-0.2, 0) is 16.1 Å². The van der Waals surface area contributed by atoms with Crippen molar-refractivity contribution in [3.63, 3.8) is 0 Å². The largest absolute Gasteiger partial charge is 0.447 e. The van der Waals surface area contributed by atoms with Crippen molar-refractivity contribution < 1.29 is 14.3 Å². The van der Waals surface area contributed by atoms with Gasteiger partial charge in [-0.2, -0.15) is 0 Å². The molecule has 3 rings (SSSR count). The number of fused-ring (bicyclic) bond motifs is 1. The van der Waals surface area contributed by atoms with E-state index in [0.717, 1.165) is 26.1 Å². The van der Waals surface area contributed by atoms with Crippen LogP contribution in [0.25, 0.3) is 0 Å². The number of nitrogens with zero attached hydrogens (tertiary/aromatic N) is 1. The van der Waals surface area contributed by atoms with Gasteiger partial charge in [-0.05, 0) is 43.6 Å². The van der Waals surface area contributed by atoms with E-state index in [1.807, 2.05) is 6.07 Å². The van der Waals surface area contributed by atoms with Crippen molar-refractivity contribution >= 4 is 12.0 Å². The minimum atomic E-state index is -0.791. The third-order valence-corrected chi connectivity index (χ3v) is 5.62. The SMILES string of the molecule is CC(CCC(=O)N[C@@H]1CC[C@H]2CN(Cc3ccccc3)C[C@H]21)OC(N)=O. The number of primary amides is 1. The smallest absolute Gasteiger partial charge is 0.404 e. The van der Waals surface area contributed by atoms with Crippen LogP contribution in [0.2, 0.25) is 0 Å². The van der Waals surface area contributed by atoms with Gasteiger partial charge in [-0.25, -0.2) is 4.79 Å². The number of amides is 2. The Morgan fingerprint density at radius 1 is 1.27 bits per heavy atom. The molecule has 0 spiro atoms. The Labute approximate surface area is 155 Å². The molecule has 0 aromatic heterocycles. The molecule has 0 radical (unpaired) electrons. The highest BCUT2D eigenvalue weighted by Crippen LogP contribution is 2.38. The second-order valence-corrected chi connectivity index (χ2v) is 7.64. The third-order valence-electron chi connectivity index (χ3n) is 5.62. The molecular weight excluding hydrogens is 330 g/mol. The lowest BCUT2D eigenvalue weighted by atomic mass is 9.97. The number of carbonyl (C=O) groups excluding carboxylic acids is 2. The lowest BCUT2D eigenvalue weighted by Gasteiger charge is -2.22. The first kappa shape index (κ1) is 18.7. The minimum Gasteiger partial charge on any atom is -0.447 e.